The smallest absolute Gasteiger partial charge is 0.334 e. The molecule has 0 atom stereocenters. The van der Waals surface area contributed by atoms with Gasteiger partial charge in [0.15, 0.2) is 0 Å². The van der Waals surface area contributed by atoms with Crippen LogP contribution in [0.25, 0.3) is 0 Å². The van der Waals surface area contributed by atoms with E-state index in [9.17, 15) is 39.9 Å². The van der Waals surface area contributed by atoms with Crippen molar-refractivity contribution in [3.8, 4) is 0 Å². The number of amides is 1. The molecule has 38 heavy (non-hydrogen) atoms. The Kier molecular flexibility index (Phi) is 8.24. The molecule has 204 valence electrons. The zero-order valence-corrected chi connectivity index (χ0v) is 20.8. The topological polar surface area (TPSA) is 20.3 Å². The van der Waals surface area contributed by atoms with Crippen molar-refractivity contribution in [3.05, 3.63) is 106 Å². The molecule has 1 amide bonds. The summed E-state index contributed by atoms with van der Waals surface area (Å²) in [6.07, 6.45) is -9.93. The van der Waals surface area contributed by atoms with Crippen molar-refractivity contribution in [1.82, 2.24) is 4.90 Å². The molecule has 0 bridgehead atoms. The van der Waals surface area contributed by atoms with Crippen LogP contribution in [0.15, 0.2) is 60.7 Å². The van der Waals surface area contributed by atoms with Crippen LogP contribution in [0.2, 0.25) is 0 Å². The second-order valence-corrected chi connectivity index (χ2v) is 10.00. The Morgan fingerprint density at radius 3 is 1.74 bits per heavy atom. The molecule has 0 saturated heterocycles. The van der Waals surface area contributed by atoms with E-state index in [-0.39, 0.29) is 36.6 Å². The summed E-state index contributed by atoms with van der Waals surface area (Å²) in [7, 11) is 0. The highest BCUT2D eigenvalue weighted by Crippen LogP contribution is 2.32. The molecule has 0 fully saturated rings. The first kappa shape index (κ1) is 29.1. The Morgan fingerprint density at radius 2 is 1.21 bits per heavy atom. The maximum Gasteiger partial charge on any atom is 0.416 e. The molecular formula is C28H25F8NO. The summed E-state index contributed by atoms with van der Waals surface area (Å²) in [5, 5.41) is 0. The lowest BCUT2D eigenvalue weighted by Crippen LogP contribution is -2.33. The lowest BCUT2D eigenvalue weighted by Gasteiger charge is -2.25. The van der Waals surface area contributed by atoms with Crippen LogP contribution in [-0.4, -0.2) is 17.4 Å². The maximum atomic E-state index is 14.0. The number of nitrogens with zero attached hydrogens (tertiary/aromatic N) is 1. The number of hydrogen-bond donors (Lipinski definition) is 0. The van der Waals surface area contributed by atoms with Crippen LogP contribution in [0.5, 0.6) is 0 Å². The first-order valence-electron chi connectivity index (χ1n) is 11.6. The van der Waals surface area contributed by atoms with Crippen molar-refractivity contribution in [1.29, 1.82) is 0 Å². The van der Waals surface area contributed by atoms with Crippen LogP contribution in [-0.2, 0) is 30.7 Å². The second kappa shape index (κ2) is 10.7. The largest absolute Gasteiger partial charge is 0.416 e. The van der Waals surface area contributed by atoms with E-state index in [1.807, 2.05) is 32.9 Å². The molecule has 3 aromatic carbocycles. The van der Waals surface area contributed by atoms with Crippen molar-refractivity contribution in [2.24, 2.45) is 0 Å². The van der Waals surface area contributed by atoms with E-state index >= 15 is 0 Å². The van der Waals surface area contributed by atoms with Crippen LogP contribution in [0.4, 0.5) is 35.1 Å². The van der Waals surface area contributed by atoms with Gasteiger partial charge < -0.3 is 4.90 Å². The van der Waals surface area contributed by atoms with Gasteiger partial charge in [-0.3, -0.25) is 4.79 Å². The SMILES string of the molecule is CC(C)(C)c1ccc(CN(CCc2cc(F)cc(C(F)(F)F)c2)C(=O)c2cc(F)cc(C(F)(F)F)c2)cc1. The Morgan fingerprint density at radius 1 is 0.684 bits per heavy atom. The van der Waals surface area contributed by atoms with Crippen molar-refractivity contribution in [2.45, 2.75) is 51.5 Å². The van der Waals surface area contributed by atoms with E-state index in [1.165, 1.54) is 0 Å². The number of alkyl halides is 6. The van der Waals surface area contributed by atoms with Gasteiger partial charge in [0.25, 0.3) is 5.91 Å². The molecule has 0 aliphatic rings. The highest BCUT2D eigenvalue weighted by molar-refractivity contribution is 5.94. The number of carbonyl (C=O) groups excluding carboxylic acids is 1. The van der Waals surface area contributed by atoms with Gasteiger partial charge in [-0.15, -0.1) is 0 Å². The third-order valence-electron chi connectivity index (χ3n) is 5.91. The summed E-state index contributed by atoms with van der Waals surface area (Å²) in [6, 6.07) is 10.5. The van der Waals surface area contributed by atoms with Crippen LogP contribution in [0.3, 0.4) is 0 Å². The lowest BCUT2D eigenvalue weighted by atomic mass is 9.87. The van der Waals surface area contributed by atoms with Gasteiger partial charge in [0.05, 0.1) is 11.1 Å². The molecule has 0 aromatic heterocycles. The zero-order chi connectivity index (χ0) is 28.5. The van der Waals surface area contributed by atoms with Crippen LogP contribution in [0, 0.1) is 11.6 Å². The van der Waals surface area contributed by atoms with E-state index in [4.69, 9.17) is 0 Å². The third kappa shape index (κ3) is 7.55. The first-order chi connectivity index (χ1) is 17.4. The van der Waals surface area contributed by atoms with Gasteiger partial charge in [-0.25, -0.2) is 8.78 Å². The molecule has 0 radical (unpaired) electrons. The van der Waals surface area contributed by atoms with Gasteiger partial charge in [0.2, 0.25) is 0 Å². The molecule has 3 aromatic rings. The Bertz CT molecular complexity index is 1290. The number of benzene rings is 3. The molecule has 0 unspecified atom stereocenters. The standard InChI is InChI=1S/C28H25F8NO/c1-26(2,3)20-6-4-17(5-7-20)16-37(9-8-18-10-21(27(31,32)33)14-23(29)11-18)25(38)19-12-22(28(34,35)36)15-24(30)13-19/h4-7,10-15H,8-9,16H2,1-3H3. The quantitative estimate of drug-likeness (QED) is 0.287. The highest BCUT2D eigenvalue weighted by Gasteiger charge is 2.33. The Balaban J connectivity index is 1.95. The average molecular weight is 543 g/mol. The summed E-state index contributed by atoms with van der Waals surface area (Å²) >= 11 is 0. The second-order valence-electron chi connectivity index (χ2n) is 10.00. The van der Waals surface area contributed by atoms with Gasteiger partial charge in [-0.1, -0.05) is 45.0 Å². The van der Waals surface area contributed by atoms with E-state index in [0.29, 0.717) is 23.8 Å². The van der Waals surface area contributed by atoms with E-state index in [1.54, 1.807) is 12.1 Å². The molecule has 10 heteroatoms. The fourth-order valence-electron chi connectivity index (χ4n) is 3.86. The molecule has 0 saturated carbocycles. The monoisotopic (exact) mass is 543 g/mol. The summed E-state index contributed by atoms with van der Waals surface area (Å²) in [4.78, 5) is 14.4. The van der Waals surface area contributed by atoms with Gasteiger partial charge in [-0.05, 0) is 64.9 Å². The fraction of sp³-hybridized carbons (Fsp3) is 0.321. The van der Waals surface area contributed by atoms with Gasteiger partial charge in [0.1, 0.15) is 11.6 Å². The van der Waals surface area contributed by atoms with Gasteiger partial charge in [0, 0.05) is 18.7 Å². The predicted octanol–water partition coefficient (Wildman–Crippen LogP) is 8.19. The normalized spacial score (nSPS) is 12.5. The molecule has 3 rings (SSSR count). The predicted molar refractivity (Wildman–Crippen MR) is 126 cm³/mol. The minimum absolute atomic E-state index is 0.0616. The summed E-state index contributed by atoms with van der Waals surface area (Å²) in [5.41, 5.74) is -1.78. The summed E-state index contributed by atoms with van der Waals surface area (Å²) in [6.45, 7) is 5.59. The lowest BCUT2D eigenvalue weighted by molar-refractivity contribution is -0.138. The van der Waals surface area contributed by atoms with E-state index in [2.05, 4.69) is 0 Å². The maximum absolute atomic E-state index is 14.0. The Labute approximate surface area is 214 Å². The summed E-state index contributed by atoms with van der Waals surface area (Å²) < 4.78 is 107. The van der Waals surface area contributed by atoms with Crippen molar-refractivity contribution in [3.63, 3.8) is 0 Å². The van der Waals surface area contributed by atoms with Crippen molar-refractivity contribution < 1.29 is 39.9 Å². The number of halogens is 8. The minimum Gasteiger partial charge on any atom is -0.334 e. The third-order valence-corrected chi connectivity index (χ3v) is 5.91. The average Bonchev–Trinajstić information content (AvgIpc) is 2.79. The van der Waals surface area contributed by atoms with E-state index < -0.39 is 46.6 Å². The highest BCUT2D eigenvalue weighted by atomic mass is 19.4. The van der Waals surface area contributed by atoms with Crippen LogP contribution >= 0.6 is 0 Å². The molecule has 0 N–H and O–H groups in total. The number of rotatable bonds is 6. The molecule has 0 aliphatic carbocycles. The molecule has 0 heterocycles. The number of carbonyl (C=O) groups is 1. The minimum atomic E-state index is -4.90. The van der Waals surface area contributed by atoms with E-state index in [0.717, 1.165) is 22.6 Å². The Hall–Kier alpha value is -3.43. The fourth-order valence-corrected chi connectivity index (χ4v) is 3.86. The van der Waals surface area contributed by atoms with Crippen LogP contribution in [0.1, 0.15) is 58.9 Å². The molecule has 0 spiro atoms. The van der Waals surface area contributed by atoms with Crippen molar-refractivity contribution in [2.75, 3.05) is 6.54 Å². The number of hydrogen-bond acceptors (Lipinski definition) is 1. The van der Waals surface area contributed by atoms with Crippen molar-refractivity contribution >= 4 is 5.91 Å². The molecular weight excluding hydrogens is 518 g/mol. The van der Waals surface area contributed by atoms with Gasteiger partial charge in [-0.2, -0.15) is 26.3 Å². The zero-order valence-electron chi connectivity index (χ0n) is 20.8. The van der Waals surface area contributed by atoms with Crippen LogP contribution < -0.4 is 0 Å². The molecule has 2 nitrogen and oxygen atoms in total. The van der Waals surface area contributed by atoms with Gasteiger partial charge >= 0.3 is 12.4 Å². The first-order valence-corrected chi connectivity index (χ1v) is 11.6. The summed E-state index contributed by atoms with van der Waals surface area (Å²) in [5.74, 6) is -3.34. The molecule has 0 aliphatic heterocycles.